The minimum Gasteiger partial charge on any atom is -0.342 e. The van der Waals surface area contributed by atoms with Crippen molar-refractivity contribution in [3.63, 3.8) is 0 Å². The Labute approximate surface area is 154 Å². The highest BCUT2D eigenvalue weighted by atomic mass is 32.1. The molecule has 1 aliphatic rings. The minimum absolute atomic E-state index is 0.00272. The smallest absolute Gasteiger partial charge is 0.161 e. The number of rotatable bonds is 5. The number of nitrogens with one attached hydrogen (secondary N) is 1. The summed E-state index contributed by atoms with van der Waals surface area (Å²) < 4.78 is 0. The first-order valence-corrected chi connectivity index (χ1v) is 9.72. The number of benzene rings is 1. The summed E-state index contributed by atoms with van der Waals surface area (Å²) in [5.74, 6) is 1.19. The second kappa shape index (κ2) is 7.12. The zero-order chi connectivity index (χ0) is 18.0. The van der Waals surface area contributed by atoms with Crippen LogP contribution in [0, 0.1) is 12.3 Å². The van der Waals surface area contributed by atoms with Crippen molar-refractivity contribution in [1.82, 2.24) is 4.98 Å². The van der Waals surface area contributed by atoms with Gasteiger partial charge in [-0.15, -0.1) is 11.3 Å². The van der Waals surface area contributed by atoms with Gasteiger partial charge in [0.25, 0.3) is 0 Å². The minimum atomic E-state index is 0.00272. The number of allylic oxidation sites excluding steroid dienone is 2. The van der Waals surface area contributed by atoms with Crippen molar-refractivity contribution < 1.29 is 4.79 Å². The molecule has 0 fully saturated rings. The molecule has 1 heterocycles. The van der Waals surface area contributed by atoms with Crippen LogP contribution >= 0.6 is 11.3 Å². The highest BCUT2D eigenvalue weighted by Gasteiger charge is 2.32. The molecule has 25 heavy (non-hydrogen) atoms. The SMILES string of the molecule is CCC1=C(Nc2nc(C)sc2Cc2ccccc2)CC(C)(C)CC1=O. The first kappa shape index (κ1) is 17.9. The molecule has 0 bridgehead atoms. The maximum atomic E-state index is 12.5. The second-order valence-corrected chi connectivity index (χ2v) is 8.83. The molecule has 0 spiro atoms. The molecule has 2 aromatic rings. The summed E-state index contributed by atoms with van der Waals surface area (Å²) in [6, 6.07) is 10.5. The van der Waals surface area contributed by atoms with Crippen LogP contribution in [-0.4, -0.2) is 10.8 Å². The Morgan fingerprint density at radius 1 is 1.20 bits per heavy atom. The average Bonchev–Trinajstić information content (AvgIpc) is 2.86. The number of carbonyl (C=O) groups excluding carboxylic acids is 1. The van der Waals surface area contributed by atoms with Gasteiger partial charge in [-0.2, -0.15) is 0 Å². The third-order valence-corrected chi connectivity index (χ3v) is 5.60. The lowest BCUT2D eigenvalue weighted by molar-refractivity contribution is -0.118. The molecular weight excluding hydrogens is 328 g/mol. The van der Waals surface area contributed by atoms with Gasteiger partial charge in [-0.05, 0) is 30.7 Å². The van der Waals surface area contributed by atoms with Crippen molar-refractivity contribution in [2.45, 2.75) is 53.4 Å². The van der Waals surface area contributed by atoms with Crippen LogP contribution in [0.15, 0.2) is 41.6 Å². The van der Waals surface area contributed by atoms with E-state index in [-0.39, 0.29) is 11.2 Å². The van der Waals surface area contributed by atoms with E-state index < -0.39 is 0 Å². The van der Waals surface area contributed by atoms with Crippen LogP contribution in [0.25, 0.3) is 0 Å². The maximum absolute atomic E-state index is 12.5. The van der Waals surface area contributed by atoms with E-state index in [1.807, 2.05) is 13.0 Å². The van der Waals surface area contributed by atoms with Gasteiger partial charge in [0.15, 0.2) is 5.78 Å². The Morgan fingerprint density at radius 2 is 1.92 bits per heavy atom. The van der Waals surface area contributed by atoms with E-state index in [1.54, 1.807) is 11.3 Å². The lowest BCUT2D eigenvalue weighted by Crippen LogP contribution is -2.28. The summed E-state index contributed by atoms with van der Waals surface area (Å²) >= 11 is 1.73. The van der Waals surface area contributed by atoms with Crippen molar-refractivity contribution in [3.8, 4) is 0 Å². The van der Waals surface area contributed by atoms with E-state index in [1.165, 1.54) is 10.4 Å². The average molecular weight is 355 g/mol. The molecule has 0 radical (unpaired) electrons. The Kier molecular flexibility index (Phi) is 5.09. The fourth-order valence-corrected chi connectivity index (χ4v) is 4.42. The molecule has 1 aliphatic carbocycles. The van der Waals surface area contributed by atoms with Crippen LogP contribution in [0.2, 0.25) is 0 Å². The number of anilines is 1. The molecule has 132 valence electrons. The predicted octanol–water partition coefficient (Wildman–Crippen LogP) is 5.51. The fraction of sp³-hybridized carbons (Fsp3) is 0.429. The lowest BCUT2D eigenvalue weighted by atomic mass is 9.75. The van der Waals surface area contributed by atoms with Crippen LogP contribution < -0.4 is 5.32 Å². The van der Waals surface area contributed by atoms with Gasteiger partial charge >= 0.3 is 0 Å². The third-order valence-electron chi connectivity index (χ3n) is 4.63. The van der Waals surface area contributed by atoms with Crippen molar-refractivity contribution >= 4 is 22.9 Å². The Hall–Kier alpha value is -1.94. The molecule has 3 rings (SSSR count). The molecule has 0 saturated carbocycles. The van der Waals surface area contributed by atoms with Crippen molar-refractivity contribution in [2.24, 2.45) is 5.41 Å². The zero-order valence-electron chi connectivity index (χ0n) is 15.5. The monoisotopic (exact) mass is 354 g/mol. The Bertz CT molecular complexity index is 803. The topological polar surface area (TPSA) is 42.0 Å². The summed E-state index contributed by atoms with van der Waals surface area (Å²) in [5, 5.41) is 4.59. The van der Waals surface area contributed by atoms with Gasteiger partial charge in [0, 0.05) is 24.1 Å². The van der Waals surface area contributed by atoms with Crippen LogP contribution in [0.5, 0.6) is 0 Å². The highest BCUT2D eigenvalue weighted by molar-refractivity contribution is 7.12. The second-order valence-electron chi connectivity index (χ2n) is 7.54. The van der Waals surface area contributed by atoms with E-state index in [4.69, 9.17) is 4.98 Å². The van der Waals surface area contributed by atoms with Crippen LogP contribution in [-0.2, 0) is 11.2 Å². The number of aromatic nitrogens is 1. The standard InChI is InChI=1S/C21H26N2OS/c1-5-16-17(12-21(3,4)13-18(16)24)23-20-19(25-14(2)22-20)11-15-9-7-6-8-10-15/h6-10,23H,5,11-13H2,1-4H3. The molecule has 0 aliphatic heterocycles. The lowest BCUT2D eigenvalue weighted by Gasteiger charge is -2.32. The first-order valence-electron chi connectivity index (χ1n) is 8.90. The number of hydrogen-bond donors (Lipinski definition) is 1. The highest BCUT2D eigenvalue weighted by Crippen LogP contribution is 2.39. The Morgan fingerprint density at radius 3 is 2.60 bits per heavy atom. The van der Waals surface area contributed by atoms with E-state index in [2.05, 4.69) is 50.4 Å². The van der Waals surface area contributed by atoms with Crippen molar-refractivity contribution in [3.05, 3.63) is 57.1 Å². The summed E-state index contributed by atoms with van der Waals surface area (Å²) in [6.07, 6.45) is 3.16. The first-order chi connectivity index (χ1) is 11.9. The summed E-state index contributed by atoms with van der Waals surface area (Å²) in [6.45, 7) is 8.42. The molecule has 4 heteroatoms. The summed E-state index contributed by atoms with van der Waals surface area (Å²) in [7, 11) is 0. The molecule has 1 N–H and O–H groups in total. The summed E-state index contributed by atoms with van der Waals surface area (Å²) in [4.78, 5) is 18.4. The van der Waals surface area contributed by atoms with E-state index in [0.717, 1.165) is 41.4 Å². The van der Waals surface area contributed by atoms with Crippen LogP contribution in [0.1, 0.15) is 55.5 Å². The maximum Gasteiger partial charge on any atom is 0.161 e. The predicted molar refractivity (Wildman–Crippen MR) is 105 cm³/mol. The molecule has 0 unspecified atom stereocenters. The van der Waals surface area contributed by atoms with Gasteiger partial charge in [0.1, 0.15) is 5.82 Å². The third kappa shape index (κ3) is 4.18. The molecular formula is C21H26N2OS. The number of carbonyl (C=O) groups is 1. The molecule has 1 aromatic carbocycles. The number of ketones is 1. The van der Waals surface area contributed by atoms with Crippen molar-refractivity contribution in [1.29, 1.82) is 0 Å². The zero-order valence-corrected chi connectivity index (χ0v) is 16.3. The largest absolute Gasteiger partial charge is 0.342 e. The van der Waals surface area contributed by atoms with Gasteiger partial charge in [-0.3, -0.25) is 4.79 Å². The van der Waals surface area contributed by atoms with Gasteiger partial charge in [0.2, 0.25) is 0 Å². The molecule has 0 saturated heterocycles. The van der Waals surface area contributed by atoms with E-state index in [9.17, 15) is 4.79 Å². The quantitative estimate of drug-likeness (QED) is 0.770. The summed E-state index contributed by atoms with van der Waals surface area (Å²) in [5.41, 5.74) is 3.28. The molecule has 3 nitrogen and oxygen atoms in total. The van der Waals surface area contributed by atoms with Crippen LogP contribution in [0.3, 0.4) is 0 Å². The number of thiazole rings is 1. The number of Topliss-reactive ketones (excluding diaryl/α,β-unsaturated/α-hetero) is 1. The molecule has 0 amide bonds. The normalized spacial score (nSPS) is 17.0. The van der Waals surface area contributed by atoms with Crippen LogP contribution in [0.4, 0.5) is 5.82 Å². The fourth-order valence-electron chi connectivity index (χ4n) is 3.50. The van der Waals surface area contributed by atoms with E-state index >= 15 is 0 Å². The number of hydrogen-bond acceptors (Lipinski definition) is 4. The van der Waals surface area contributed by atoms with Gasteiger partial charge < -0.3 is 5.32 Å². The molecule has 1 aromatic heterocycles. The molecule has 0 atom stereocenters. The number of aryl methyl sites for hydroxylation is 1. The van der Waals surface area contributed by atoms with E-state index in [0.29, 0.717) is 6.42 Å². The Balaban J connectivity index is 1.91. The number of nitrogens with zero attached hydrogens (tertiary/aromatic N) is 1. The van der Waals surface area contributed by atoms with Gasteiger partial charge in [-0.25, -0.2) is 4.98 Å². The van der Waals surface area contributed by atoms with Gasteiger partial charge in [-0.1, -0.05) is 51.1 Å². The van der Waals surface area contributed by atoms with Gasteiger partial charge in [0.05, 0.1) is 9.88 Å². The van der Waals surface area contributed by atoms with Crippen molar-refractivity contribution in [2.75, 3.05) is 5.32 Å².